The Morgan fingerprint density at radius 1 is 0.812 bits per heavy atom. The molecule has 0 aliphatic heterocycles. The molecule has 0 bridgehead atoms. The molecule has 4 heteroatoms. The first-order valence-corrected chi connectivity index (χ1v) is 8.25. The number of sulfonamides is 1. The molecule has 0 rings (SSSR count). The zero-order valence-corrected chi connectivity index (χ0v) is 11.6. The third kappa shape index (κ3) is 10.4. The summed E-state index contributed by atoms with van der Waals surface area (Å²) in [6.07, 6.45) is 9.23. The molecule has 0 fully saturated rings. The van der Waals surface area contributed by atoms with Gasteiger partial charge >= 0.3 is 0 Å². The van der Waals surface area contributed by atoms with Crippen molar-refractivity contribution in [1.29, 1.82) is 0 Å². The monoisotopic (exact) mass is 249 g/mol. The van der Waals surface area contributed by atoms with Crippen molar-refractivity contribution in [2.45, 2.75) is 65.2 Å². The predicted octanol–water partition coefficient (Wildman–Crippen LogP) is 3.07. The Morgan fingerprint density at radius 3 is 1.94 bits per heavy atom. The number of unbranched alkanes of at least 4 members (excludes halogenated alkanes) is 6. The zero-order valence-electron chi connectivity index (χ0n) is 10.8. The molecule has 16 heavy (non-hydrogen) atoms. The SMILES string of the molecule is CCCCCCCCCNS(=O)(=O)CCC. The minimum absolute atomic E-state index is 0.253. The van der Waals surface area contributed by atoms with E-state index in [1.807, 2.05) is 6.92 Å². The first-order chi connectivity index (χ1) is 7.62. The van der Waals surface area contributed by atoms with Crippen LogP contribution < -0.4 is 4.72 Å². The second-order valence-electron chi connectivity index (χ2n) is 4.33. The fourth-order valence-corrected chi connectivity index (χ4v) is 2.79. The zero-order chi connectivity index (χ0) is 12.3. The quantitative estimate of drug-likeness (QED) is 0.572. The van der Waals surface area contributed by atoms with Crippen LogP contribution in [0.15, 0.2) is 0 Å². The standard InChI is InChI=1S/C12H27NO2S/c1-3-5-6-7-8-9-10-11-13-16(14,15)12-4-2/h13H,3-12H2,1-2H3. The number of hydrogen-bond acceptors (Lipinski definition) is 2. The molecule has 0 saturated heterocycles. The second kappa shape index (κ2) is 10.1. The average Bonchev–Trinajstić information content (AvgIpc) is 2.22. The third-order valence-electron chi connectivity index (χ3n) is 2.58. The molecule has 0 saturated carbocycles. The maximum Gasteiger partial charge on any atom is 0.211 e. The summed E-state index contributed by atoms with van der Waals surface area (Å²) in [5.41, 5.74) is 0. The molecular weight excluding hydrogens is 222 g/mol. The molecule has 0 unspecified atom stereocenters. The molecule has 0 amide bonds. The summed E-state index contributed by atoms with van der Waals surface area (Å²) >= 11 is 0. The summed E-state index contributed by atoms with van der Waals surface area (Å²) in [6.45, 7) is 4.70. The van der Waals surface area contributed by atoms with Gasteiger partial charge < -0.3 is 0 Å². The fourth-order valence-electron chi connectivity index (χ4n) is 1.65. The van der Waals surface area contributed by atoms with Crippen LogP contribution in [0.4, 0.5) is 0 Å². The van der Waals surface area contributed by atoms with E-state index in [9.17, 15) is 8.42 Å². The molecule has 3 nitrogen and oxygen atoms in total. The van der Waals surface area contributed by atoms with Crippen LogP contribution in [-0.4, -0.2) is 20.7 Å². The molecule has 0 aromatic heterocycles. The normalized spacial score (nSPS) is 11.9. The van der Waals surface area contributed by atoms with E-state index >= 15 is 0 Å². The van der Waals surface area contributed by atoms with Gasteiger partial charge in [0.25, 0.3) is 0 Å². The molecule has 0 radical (unpaired) electrons. The summed E-state index contributed by atoms with van der Waals surface area (Å²) in [7, 11) is -2.98. The molecule has 0 aliphatic rings. The largest absolute Gasteiger partial charge is 0.215 e. The lowest BCUT2D eigenvalue weighted by molar-refractivity contribution is 0.563. The molecule has 0 aliphatic carbocycles. The van der Waals surface area contributed by atoms with Gasteiger partial charge in [-0.15, -0.1) is 0 Å². The van der Waals surface area contributed by atoms with Crippen molar-refractivity contribution < 1.29 is 8.42 Å². The van der Waals surface area contributed by atoms with Gasteiger partial charge in [-0.2, -0.15) is 0 Å². The van der Waals surface area contributed by atoms with E-state index < -0.39 is 10.0 Å². The minimum atomic E-state index is -2.98. The van der Waals surface area contributed by atoms with Gasteiger partial charge in [0.15, 0.2) is 0 Å². The molecule has 0 aromatic carbocycles. The number of rotatable bonds is 11. The van der Waals surface area contributed by atoms with Crippen LogP contribution in [0.2, 0.25) is 0 Å². The van der Waals surface area contributed by atoms with E-state index in [4.69, 9.17) is 0 Å². The Kier molecular flexibility index (Phi) is 10.0. The summed E-state index contributed by atoms with van der Waals surface area (Å²) in [4.78, 5) is 0. The lowest BCUT2D eigenvalue weighted by Gasteiger charge is -2.05. The van der Waals surface area contributed by atoms with Crippen molar-refractivity contribution in [3.63, 3.8) is 0 Å². The van der Waals surface area contributed by atoms with Crippen molar-refractivity contribution in [3.05, 3.63) is 0 Å². The van der Waals surface area contributed by atoms with Gasteiger partial charge in [-0.3, -0.25) is 0 Å². The van der Waals surface area contributed by atoms with Crippen LogP contribution in [-0.2, 0) is 10.0 Å². The Bertz CT molecular complexity index is 237. The topological polar surface area (TPSA) is 46.2 Å². The van der Waals surface area contributed by atoms with E-state index in [0.29, 0.717) is 13.0 Å². The van der Waals surface area contributed by atoms with E-state index in [1.54, 1.807) is 0 Å². The Hall–Kier alpha value is -0.0900. The predicted molar refractivity (Wildman–Crippen MR) is 70.1 cm³/mol. The highest BCUT2D eigenvalue weighted by atomic mass is 32.2. The lowest BCUT2D eigenvalue weighted by Crippen LogP contribution is -2.27. The van der Waals surface area contributed by atoms with Gasteiger partial charge in [0.05, 0.1) is 5.75 Å². The van der Waals surface area contributed by atoms with Gasteiger partial charge in [-0.05, 0) is 12.8 Å². The van der Waals surface area contributed by atoms with E-state index in [0.717, 1.165) is 12.8 Å². The highest BCUT2D eigenvalue weighted by molar-refractivity contribution is 7.89. The summed E-state index contributed by atoms with van der Waals surface area (Å²) in [6, 6.07) is 0. The number of nitrogens with one attached hydrogen (secondary N) is 1. The third-order valence-corrected chi connectivity index (χ3v) is 4.16. The van der Waals surface area contributed by atoms with E-state index in [-0.39, 0.29) is 5.75 Å². The van der Waals surface area contributed by atoms with Crippen molar-refractivity contribution in [2.75, 3.05) is 12.3 Å². The smallest absolute Gasteiger partial charge is 0.211 e. The van der Waals surface area contributed by atoms with Crippen LogP contribution in [0, 0.1) is 0 Å². The molecule has 0 atom stereocenters. The average molecular weight is 249 g/mol. The van der Waals surface area contributed by atoms with Crippen molar-refractivity contribution in [1.82, 2.24) is 4.72 Å². The minimum Gasteiger partial charge on any atom is -0.215 e. The second-order valence-corrected chi connectivity index (χ2v) is 6.26. The Balaban J connectivity index is 3.27. The molecule has 0 spiro atoms. The highest BCUT2D eigenvalue weighted by Gasteiger charge is 2.06. The molecule has 1 N–H and O–H groups in total. The fraction of sp³-hybridized carbons (Fsp3) is 1.00. The molecular formula is C12H27NO2S. The van der Waals surface area contributed by atoms with Crippen LogP contribution in [0.5, 0.6) is 0 Å². The highest BCUT2D eigenvalue weighted by Crippen LogP contribution is 2.06. The van der Waals surface area contributed by atoms with Gasteiger partial charge in [-0.1, -0.05) is 52.4 Å². The summed E-state index contributed by atoms with van der Waals surface area (Å²) in [5, 5.41) is 0. The van der Waals surface area contributed by atoms with Gasteiger partial charge in [0.1, 0.15) is 0 Å². The first kappa shape index (κ1) is 15.9. The first-order valence-electron chi connectivity index (χ1n) is 6.59. The van der Waals surface area contributed by atoms with Crippen molar-refractivity contribution in [2.24, 2.45) is 0 Å². The van der Waals surface area contributed by atoms with E-state index in [1.165, 1.54) is 32.1 Å². The van der Waals surface area contributed by atoms with Gasteiger partial charge in [0.2, 0.25) is 10.0 Å². The van der Waals surface area contributed by atoms with Crippen LogP contribution >= 0.6 is 0 Å². The maximum atomic E-state index is 11.3. The van der Waals surface area contributed by atoms with Gasteiger partial charge in [-0.25, -0.2) is 13.1 Å². The lowest BCUT2D eigenvalue weighted by atomic mass is 10.1. The van der Waals surface area contributed by atoms with E-state index in [2.05, 4.69) is 11.6 Å². The summed E-state index contributed by atoms with van der Waals surface area (Å²) < 4.78 is 25.2. The Morgan fingerprint density at radius 2 is 1.38 bits per heavy atom. The van der Waals surface area contributed by atoms with Crippen LogP contribution in [0.3, 0.4) is 0 Å². The maximum absolute atomic E-state index is 11.3. The van der Waals surface area contributed by atoms with Crippen molar-refractivity contribution in [3.8, 4) is 0 Å². The van der Waals surface area contributed by atoms with Crippen LogP contribution in [0.25, 0.3) is 0 Å². The van der Waals surface area contributed by atoms with Gasteiger partial charge in [0, 0.05) is 6.54 Å². The number of hydrogen-bond donors (Lipinski definition) is 1. The molecule has 98 valence electrons. The molecule has 0 aromatic rings. The Labute approximate surface area is 101 Å². The summed E-state index contributed by atoms with van der Waals surface area (Å²) in [5.74, 6) is 0.253. The molecule has 0 heterocycles. The van der Waals surface area contributed by atoms with Crippen molar-refractivity contribution >= 4 is 10.0 Å². The van der Waals surface area contributed by atoms with Crippen LogP contribution in [0.1, 0.15) is 65.2 Å².